The molecular formula is C11H10N2O3. The van der Waals surface area contributed by atoms with Gasteiger partial charge in [-0.05, 0) is 17.7 Å². The number of hydrogen-bond acceptors (Lipinski definition) is 4. The molecule has 82 valence electrons. The van der Waals surface area contributed by atoms with Crippen LogP contribution in [-0.4, -0.2) is 9.91 Å². The van der Waals surface area contributed by atoms with Crippen LogP contribution in [0.5, 0.6) is 0 Å². The Hall–Kier alpha value is -2.17. The highest BCUT2D eigenvalue weighted by Crippen LogP contribution is 2.18. The van der Waals surface area contributed by atoms with E-state index in [9.17, 15) is 10.1 Å². The Morgan fingerprint density at radius 1 is 1.56 bits per heavy atom. The summed E-state index contributed by atoms with van der Waals surface area (Å²) in [6, 6.07) is 5.28. The minimum Gasteiger partial charge on any atom is -0.441 e. The molecule has 0 aliphatic heterocycles. The number of allylic oxidation sites excluding steroid dienone is 1. The first kappa shape index (κ1) is 10.4. The lowest BCUT2D eigenvalue weighted by Gasteiger charge is -1.93. The van der Waals surface area contributed by atoms with Gasteiger partial charge in [-0.3, -0.25) is 10.1 Å². The predicted octanol–water partition coefficient (Wildman–Crippen LogP) is 2.77. The number of hydrogen-bond donors (Lipinski definition) is 0. The molecule has 0 radical (unpaired) electrons. The van der Waals surface area contributed by atoms with Gasteiger partial charge in [0.05, 0.1) is 4.92 Å². The van der Waals surface area contributed by atoms with Gasteiger partial charge in [0.2, 0.25) is 5.70 Å². The van der Waals surface area contributed by atoms with E-state index in [4.69, 9.17) is 4.42 Å². The first-order chi connectivity index (χ1) is 7.56. The summed E-state index contributed by atoms with van der Waals surface area (Å²) >= 11 is 0. The van der Waals surface area contributed by atoms with Gasteiger partial charge in [-0.2, -0.15) is 0 Å². The molecule has 1 aromatic heterocycles. The molecule has 0 unspecified atom stereocenters. The maximum atomic E-state index is 10.5. The van der Waals surface area contributed by atoms with Crippen LogP contribution < -0.4 is 0 Å². The fourth-order valence-corrected chi connectivity index (χ4v) is 1.44. The fourth-order valence-electron chi connectivity index (χ4n) is 1.44. The summed E-state index contributed by atoms with van der Waals surface area (Å²) in [5.41, 5.74) is 2.24. The molecule has 5 heteroatoms. The van der Waals surface area contributed by atoms with Crippen molar-refractivity contribution in [2.75, 3.05) is 0 Å². The van der Waals surface area contributed by atoms with Gasteiger partial charge in [0.1, 0.15) is 5.52 Å². The van der Waals surface area contributed by atoms with Crippen molar-refractivity contribution in [3.8, 4) is 0 Å². The SMILES string of the molecule is C/C(=C\c1ccc2oc(C)nc2c1)[N+](=O)[O-]. The summed E-state index contributed by atoms with van der Waals surface area (Å²) in [6.07, 6.45) is 1.50. The van der Waals surface area contributed by atoms with E-state index < -0.39 is 4.92 Å². The summed E-state index contributed by atoms with van der Waals surface area (Å²) in [5, 5.41) is 10.5. The van der Waals surface area contributed by atoms with E-state index in [0.717, 1.165) is 5.56 Å². The summed E-state index contributed by atoms with van der Waals surface area (Å²) in [4.78, 5) is 14.2. The number of benzene rings is 1. The van der Waals surface area contributed by atoms with Crippen LogP contribution in [0.1, 0.15) is 18.4 Å². The largest absolute Gasteiger partial charge is 0.441 e. The van der Waals surface area contributed by atoms with Gasteiger partial charge in [0, 0.05) is 19.9 Å². The lowest BCUT2D eigenvalue weighted by Crippen LogP contribution is -1.92. The van der Waals surface area contributed by atoms with Crippen LogP contribution in [0.2, 0.25) is 0 Å². The van der Waals surface area contributed by atoms with E-state index >= 15 is 0 Å². The summed E-state index contributed by atoms with van der Waals surface area (Å²) in [5.74, 6) is 0.585. The number of rotatable bonds is 2. The van der Waals surface area contributed by atoms with Gasteiger partial charge in [-0.1, -0.05) is 6.07 Å². The zero-order valence-corrected chi connectivity index (χ0v) is 8.93. The molecule has 0 fully saturated rings. The average Bonchev–Trinajstić information content (AvgIpc) is 2.57. The Bertz CT molecular complexity index is 584. The highest BCUT2D eigenvalue weighted by atomic mass is 16.6. The monoisotopic (exact) mass is 218 g/mol. The minimum absolute atomic E-state index is 0.0968. The molecule has 0 atom stereocenters. The van der Waals surface area contributed by atoms with Crippen molar-refractivity contribution in [3.63, 3.8) is 0 Å². The quantitative estimate of drug-likeness (QED) is 0.574. The van der Waals surface area contributed by atoms with E-state index in [1.54, 1.807) is 25.1 Å². The lowest BCUT2D eigenvalue weighted by atomic mass is 10.2. The third-order valence-electron chi connectivity index (χ3n) is 2.18. The molecule has 1 heterocycles. The van der Waals surface area contributed by atoms with Crippen molar-refractivity contribution in [3.05, 3.63) is 45.5 Å². The first-order valence-corrected chi connectivity index (χ1v) is 4.76. The van der Waals surface area contributed by atoms with E-state index in [-0.39, 0.29) is 5.70 Å². The first-order valence-electron chi connectivity index (χ1n) is 4.76. The van der Waals surface area contributed by atoms with Crippen molar-refractivity contribution >= 4 is 17.2 Å². The Labute approximate surface area is 91.6 Å². The van der Waals surface area contributed by atoms with E-state index in [1.165, 1.54) is 13.0 Å². The van der Waals surface area contributed by atoms with Gasteiger partial charge in [-0.15, -0.1) is 0 Å². The van der Waals surface area contributed by atoms with Crippen molar-refractivity contribution < 1.29 is 9.34 Å². The molecule has 0 N–H and O–H groups in total. The second-order valence-electron chi connectivity index (χ2n) is 3.50. The maximum absolute atomic E-state index is 10.5. The normalized spacial score (nSPS) is 12.0. The molecule has 16 heavy (non-hydrogen) atoms. The van der Waals surface area contributed by atoms with Crippen LogP contribution in [0.3, 0.4) is 0 Å². The Morgan fingerprint density at radius 2 is 2.31 bits per heavy atom. The molecule has 0 saturated carbocycles. The molecule has 0 amide bonds. The van der Waals surface area contributed by atoms with Gasteiger partial charge in [0.15, 0.2) is 11.5 Å². The van der Waals surface area contributed by atoms with E-state index in [0.29, 0.717) is 17.0 Å². The summed E-state index contributed by atoms with van der Waals surface area (Å²) in [6.45, 7) is 3.22. The lowest BCUT2D eigenvalue weighted by molar-refractivity contribution is -0.422. The van der Waals surface area contributed by atoms with Gasteiger partial charge in [0.25, 0.3) is 0 Å². The van der Waals surface area contributed by atoms with Crippen LogP contribution >= 0.6 is 0 Å². The number of nitrogens with zero attached hydrogens (tertiary/aromatic N) is 2. The van der Waals surface area contributed by atoms with Crippen LogP contribution in [0.4, 0.5) is 0 Å². The van der Waals surface area contributed by atoms with Crippen molar-refractivity contribution in [2.45, 2.75) is 13.8 Å². The van der Waals surface area contributed by atoms with Gasteiger partial charge in [-0.25, -0.2) is 4.98 Å². The number of nitro groups is 1. The number of aryl methyl sites for hydroxylation is 1. The smallest absolute Gasteiger partial charge is 0.243 e. The molecular weight excluding hydrogens is 208 g/mol. The van der Waals surface area contributed by atoms with Crippen molar-refractivity contribution in [2.24, 2.45) is 0 Å². The fraction of sp³-hybridized carbons (Fsp3) is 0.182. The zero-order chi connectivity index (χ0) is 11.7. The van der Waals surface area contributed by atoms with Crippen LogP contribution in [0.25, 0.3) is 17.2 Å². The summed E-state index contributed by atoms with van der Waals surface area (Å²) < 4.78 is 5.31. The molecule has 0 spiro atoms. The number of aromatic nitrogens is 1. The van der Waals surface area contributed by atoms with Gasteiger partial charge >= 0.3 is 0 Å². The molecule has 0 saturated heterocycles. The average molecular weight is 218 g/mol. The Morgan fingerprint density at radius 3 is 3.00 bits per heavy atom. The van der Waals surface area contributed by atoms with Crippen LogP contribution in [0, 0.1) is 17.0 Å². The molecule has 0 aliphatic rings. The number of fused-ring (bicyclic) bond motifs is 1. The Balaban J connectivity index is 2.47. The van der Waals surface area contributed by atoms with Crippen LogP contribution in [0.15, 0.2) is 28.3 Å². The molecule has 0 aliphatic carbocycles. The highest BCUT2D eigenvalue weighted by molar-refractivity contribution is 5.76. The second kappa shape index (κ2) is 3.77. The molecule has 2 aromatic rings. The van der Waals surface area contributed by atoms with E-state index in [1.807, 2.05) is 0 Å². The topological polar surface area (TPSA) is 69.2 Å². The van der Waals surface area contributed by atoms with Crippen LogP contribution in [-0.2, 0) is 0 Å². The van der Waals surface area contributed by atoms with E-state index in [2.05, 4.69) is 4.98 Å². The highest BCUT2D eigenvalue weighted by Gasteiger charge is 2.05. The standard InChI is InChI=1S/C11H10N2O3/c1-7(13(14)15)5-9-3-4-11-10(6-9)12-8(2)16-11/h3-6H,1-2H3/b7-5+. The second-order valence-corrected chi connectivity index (χ2v) is 3.50. The molecule has 2 rings (SSSR count). The third kappa shape index (κ3) is 1.93. The molecule has 0 bridgehead atoms. The summed E-state index contributed by atoms with van der Waals surface area (Å²) in [7, 11) is 0. The minimum atomic E-state index is -0.418. The van der Waals surface area contributed by atoms with Gasteiger partial charge < -0.3 is 4.42 Å². The third-order valence-corrected chi connectivity index (χ3v) is 2.18. The number of oxazole rings is 1. The molecule has 1 aromatic carbocycles. The maximum Gasteiger partial charge on any atom is 0.243 e. The zero-order valence-electron chi connectivity index (χ0n) is 8.93. The molecule has 5 nitrogen and oxygen atoms in total. The Kier molecular flexibility index (Phi) is 2.44. The predicted molar refractivity (Wildman–Crippen MR) is 59.4 cm³/mol. The van der Waals surface area contributed by atoms with Crippen molar-refractivity contribution in [1.82, 2.24) is 4.98 Å². The van der Waals surface area contributed by atoms with Crippen molar-refractivity contribution in [1.29, 1.82) is 0 Å².